The van der Waals surface area contributed by atoms with E-state index in [1.165, 1.54) is 4.57 Å². The molecule has 24 heavy (non-hydrogen) atoms. The first-order valence-electron chi connectivity index (χ1n) is 7.81. The molecule has 0 unspecified atom stereocenters. The minimum absolute atomic E-state index is 0.173. The van der Waals surface area contributed by atoms with Crippen LogP contribution in [0.3, 0.4) is 0 Å². The monoisotopic (exact) mass is 325 g/mol. The van der Waals surface area contributed by atoms with E-state index >= 15 is 0 Å². The lowest BCUT2D eigenvalue weighted by Crippen LogP contribution is -2.12. The Morgan fingerprint density at radius 2 is 1.96 bits per heavy atom. The van der Waals surface area contributed by atoms with Gasteiger partial charge in [-0.1, -0.05) is 30.3 Å². The van der Waals surface area contributed by atoms with Crippen molar-refractivity contribution in [2.75, 3.05) is 6.61 Å². The maximum absolute atomic E-state index is 12.0. The number of benzene rings is 2. The van der Waals surface area contributed by atoms with E-state index in [1.807, 2.05) is 42.5 Å². The van der Waals surface area contributed by atoms with E-state index in [1.54, 1.807) is 19.2 Å². The molecule has 0 fully saturated rings. The van der Waals surface area contributed by atoms with Crippen molar-refractivity contribution < 1.29 is 19.4 Å². The van der Waals surface area contributed by atoms with Crippen LogP contribution in [0.4, 0.5) is 4.79 Å². The topological polar surface area (TPSA) is 60.7 Å². The molecule has 3 rings (SSSR count). The van der Waals surface area contributed by atoms with Gasteiger partial charge in [-0.3, -0.25) is 4.57 Å². The second-order valence-electron chi connectivity index (χ2n) is 5.34. The highest BCUT2D eigenvalue weighted by Gasteiger charge is 2.13. The Hall–Kier alpha value is -2.79. The van der Waals surface area contributed by atoms with Crippen molar-refractivity contribution >= 4 is 17.0 Å². The minimum Gasteiger partial charge on any atom is -0.489 e. The van der Waals surface area contributed by atoms with Crippen LogP contribution in [0.1, 0.15) is 18.1 Å². The van der Waals surface area contributed by atoms with E-state index < -0.39 is 6.09 Å². The lowest BCUT2D eigenvalue weighted by molar-refractivity contribution is 0.155. The largest absolute Gasteiger partial charge is 0.489 e. The van der Waals surface area contributed by atoms with Crippen LogP contribution >= 0.6 is 0 Å². The molecular formula is C19H19NO4. The minimum atomic E-state index is -0.436. The van der Waals surface area contributed by atoms with Crippen LogP contribution in [0, 0.1) is 0 Å². The van der Waals surface area contributed by atoms with Crippen molar-refractivity contribution in [3.63, 3.8) is 0 Å². The average molecular weight is 325 g/mol. The third-order valence-electron chi connectivity index (χ3n) is 3.74. The number of hydrogen-bond donors (Lipinski definition) is 1. The predicted octanol–water partition coefficient (Wildman–Crippen LogP) is 3.72. The van der Waals surface area contributed by atoms with Crippen molar-refractivity contribution in [3.8, 4) is 5.75 Å². The molecule has 0 aliphatic heterocycles. The third kappa shape index (κ3) is 3.26. The van der Waals surface area contributed by atoms with Crippen LogP contribution in [-0.4, -0.2) is 22.4 Å². The molecule has 0 saturated heterocycles. The molecule has 2 aromatic carbocycles. The second kappa shape index (κ2) is 7.19. The number of carbonyl (C=O) groups excluding carboxylic acids is 1. The fraction of sp³-hybridized carbons (Fsp3) is 0.211. The molecule has 5 heteroatoms. The molecule has 0 aliphatic rings. The fourth-order valence-corrected chi connectivity index (χ4v) is 2.55. The van der Waals surface area contributed by atoms with Crippen molar-refractivity contribution in [2.24, 2.45) is 0 Å². The summed E-state index contributed by atoms with van der Waals surface area (Å²) in [5.41, 5.74) is 2.36. The van der Waals surface area contributed by atoms with Gasteiger partial charge in [-0.05, 0) is 30.7 Å². The Labute approximate surface area is 140 Å². The van der Waals surface area contributed by atoms with Gasteiger partial charge in [0.25, 0.3) is 0 Å². The summed E-state index contributed by atoms with van der Waals surface area (Å²) < 4.78 is 12.3. The van der Waals surface area contributed by atoms with E-state index in [-0.39, 0.29) is 6.61 Å². The molecule has 3 aromatic rings. The zero-order valence-electron chi connectivity index (χ0n) is 13.4. The number of fused-ring (bicyclic) bond motifs is 1. The van der Waals surface area contributed by atoms with E-state index in [9.17, 15) is 9.90 Å². The quantitative estimate of drug-likeness (QED) is 0.777. The molecule has 124 valence electrons. The van der Waals surface area contributed by atoms with Crippen molar-refractivity contribution in [3.05, 3.63) is 65.9 Å². The second-order valence-corrected chi connectivity index (χ2v) is 5.34. The van der Waals surface area contributed by atoms with Gasteiger partial charge in [-0.2, -0.15) is 0 Å². The molecule has 1 N–H and O–H groups in total. The van der Waals surface area contributed by atoms with Crippen LogP contribution in [0.25, 0.3) is 10.9 Å². The Bertz CT molecular complexity index is 839. The molecule has 0 amide bonds. The normalized spacial score (nSPS) is 10.8. The first-order chi connectivity index (χ1) is 11.7. The molecule has 0 atom stereocenters. The third-order valence-corrected chi connectivity index (χ3v) is 3.74. The number of aliphatic hydroxyl groups excluding tert-OH is 1. The Morgan fingerprint density at radius 3 is 2.67 bits per heavy atom. The number of hydrogen-bond acceptors (Lipinski definition) is 4. The Balaban J connectivity index is 1.90. The molecule has 0 spiro atoms. The van der Waals surface area contributed by atoms with Crippen LogP contribution in [0.5, 0.6) is 5.75 Å². The van der Waals surface area contributed by atoms with E-state index in [0.29, 0.717) is 30.0 Å². The number of ether oxygens (including phenoxy) is 2. The Morgan fingerprint density at radius 1 is 1.17 bits per heavy atom. The molecule has 0 aliphatic carbocycles. The summed E-state index contributed by atoms with van der Waals surface area (Å²) in [6.07, 6.45) is 1.22. The van der Waals surface area contributed by atoms with E-state index in [4.69, 9.17) is 9.47 Å². The van der Waals surface area contributed by atoms with E-state index in [0.717, 1.165) is 10.9 Å². The van der Waals surface area contributed by atoms with Crippen molar-refractivity contribution in [2.45, 2.75) is 20.1 Å². The zero-order chi connectivity index (χ0) is 16.9. The van der Waals surface area contributed by atoms with Crippen LogP contribution in [0.2, 0.25) is 0 Å². The lowest BCUT2D eigenvalue weighted by atomic mass is 10.1. The van der Waals surface area contributed by atoms with Crippen molar-refractivity contribution in [1.82, 2.24) is 4.57 Å². The number of carbonyl (C=O) groups is 1. The van der Waals surface area contributed by atoms with Gasteiger partial charge in [0, 0.05) is 17.1 Å². The van der Waals surface area contributed by atoms with Gasteiger partial charge in [-0.25, -0.2) is 4.79 Å². The smallest absolute Gasteiger partial charge is 0.418 e. The molecule has 0 radical (unpaired) electrons. The van der Waals surface area contributed by atoms with Crippen molar-refractivity contribution in [1.29, 1.82) is 0 Å². The fourth-order valence-electron chi connectivity index (χ4n) is 2.55. The summed E-state index contributed by atoms with van der Waals surface area (Å²) in [7, 11) is 0. The first-order valence-corrected chi connectivity index (χ1v) is 7.81. The maximum Gasteiger partial charge on any atom is 0.418 e. The molecule has 1 heterocycles. The molecular weight excluding hydrogens is 306 g/mol. The van der Waals surface area contributed by atoms with Gasteiger partial charge in [0.15, 0.2) is 0 Å². The summed E-state index contributed by atoms with van der Waals surface area (Å²) in [4.78, 5) is 12.0. The molecule has 0 bridgehead atoms. The zero-order valence-corrected chi connectivity index (χ0v) is 13.4. The average Bonchev–Trinajstić information content (AvgIpc) is 3.03. The number of aromatic nitrogens is 1. The SMILES string of the molecule is CCOC(=O)n1ccc2cc(OCc3ccccc3)c(CO)cc21. The van der Waals surface area contributed by atoms with Gasteiger partial charge in [0.2, 0.25) is 0 Å². The summed E-state index contributed by atoms with van der Waals surface area (Å²) in [5, 5.41) is 10.5. The summed E-state index contributed by atoms with van der Waals surface area (Å²) >= 11 is 0. The highest BCUT2D eigenvalue weighted by molar-refractivity contribution is 5.91. The van der Waals surface area contributed by atoms with Crippen LogP contribution in [0.15, 0.2) is 54.7 Å². The van der Waals surface area contributed by atoms with Gasteiger partial charge < -0.3 is 14.6 Å². The summed E-state index contributed by atoms with van der Waals surface area (Å²) in [5.74, 6) is 0.607. The molecule has 5 nitrogen and oxygen atoms in total. The summed E-state index contributed by atoms with van der Waals surface area (Å²) in [6.45, 7) is 2.31. The van der Waals surface area contributed by atoms with Crippen LogP contribution in [-0.2, 0) is 18.0 Å². The van der Waals surface area contributed by atoms with Gasteiger partial charge in [0.1, 0.15) is 12.4 Å². The maximum atomic E-state index is 12.0. The number of aliphatic hydroxyl groups is 1. The Kier molecular flexibility index (Phi) is 4.82. The van der Waals surface area contributed by atoms with Gasteiger partial charge >= 0.3 is 6.09 Å². The summed E-state index contributed by atoms with van der Waals surface area (Å²) in [6, 6.07) is 15.2. The highest BCUT2D eigenvalue weighted by Crippen LogP contribution is 2.28. The first kappa shape index (κ1) is 16.1. The lowest BCUT2D eigenvalue weighted by Gasteiger charge is -2.12. The van der Waals surface area contributed by atoms with Gasteiger partial charge in [0.05, 0.1) is 18.7 Å². The standard InChI is InChI=1S/C19H19NO4/c1-2-23-19(22)20-9-8-15-11-18(16(12-21)10-17(15)20)24-13-14-6-4-3-5-7-14/h3-11,21H,2,12-13H2,1H3. The highest BCUT2D eigenvalue weighted by atomic mass is 16.5. The number of nitrogens with zero attached hydrogens (tertiary/aromatic N) is 1. The van der Waals surface area contributed by atoms with E-state index in [2.05, 4.69) is 0 Å². The molecule has 1 aromatic heterocycles. The number of rotatable bonds is 5. The molecule has 0 saturated carbocycles. The van der Waals surface area contributed by atoms with Gasteiger partial charge in [-0.15, -0.1) is 0 Å². The predicted molar refractivity (Wildman–Crippen MR) is 91.1 cm³/mol. The van der Waals surface area contributed by atoms with Crippen LogP contribution < -0.4 is 4.74 Å².